The summed E-state index contributed by atoms with van der Waals surface area (Å²) in [6, 6.07) is 64.3. The number of aromatic nitrogens is 6. The first-order valence-electron chi connectivity index (χ1n) is 42.5. The normalized spacial score (nSPS) is 13.3. The summed E-state index contributed by atoms with van der Waals surface area (Å²) >= 11 is 0. The predicted octanol–water partition coefficient (Wildman–Crippen LogP) is 24.0. The first kappa shape index (κ1) is 106. The molecule has 10 aromatic rings. The van der Waals surface area contributed by atoms with Crippen molar-refractivity contribution in [3.05, 3.63) is 239 Å². The number of aryl methyl sites for hydroxylation is 4. The van der Waals surface area contributed by atoms with Crippen molar-refractivity contribution >= 4 is 0 Å². The van der Waals surface area contributed by atoms with Crippen LogP contribution in [0.1, 0.15) is 246 Å². The van der Waals surface area contributed by atoms with Gasteiger partial charge in [-0.2, -0.15) is 0 Å². The van der Waals surface area contributed by atoms with Crippen LogP contribution in [-0.2, 0) is 72.2 Å². The number of hydrogen-bond acceptors (Lipinski definition) is 12. The molecule has 0 fully saturated rings. The largest absolute Gasteiger partial charge is 0.393 e. The monoisotopic (exact) mass is 2130 g/mol. The van der Waals surface area contributed by atoms with E-state index in [1.165, 1.54) is 85.2 Å². The minimum Gasteiger partial charge on any atom is -0.393 e. The molecule has 118 heavy (non-hydrogen) atoms. The van der Waals surface area contributed by atoms with Crippen LogP contribution >= 0.6 is 0 Å². The summed E-state index contributed by atoms with van der Waals surface area (Å²) in [6.07, 6.45) is 13.2. The quantitative estimate of drug-likeness (QED) is 0.0243. The third-order valence-corrected chi connectivity index (χ3v) is 21.2. The van der Waals surface area contributed by atoms with Gasteiger partial charge in [-0.15, -0.1) is 101 Å². The maximum Gasteiger partial charge on any atom is 0.106 e. The van der Waals surface area contributed by atoms with Gasteiger partial charge in [-0.3, -0.25) is 15.0 Å². The van der Waals surface area contributed by atoms with Crippen LogP contribution in [0, 0.1) is 87.3 Å². The van der Waals surface area contributed by atoms with Crippen molar-refractivity contribution in [1.82, 2.24) is 29.9 Å². The minimum atomic E-state index is -0.368. The molecule has 3 aromatic heterocycles. The van der Waals surface area contributed by atoms with Crippen LogP contribution in [0.3, 0.4) is 0 Å². The van der Waals surface area contributed by atoms with E-state index in [9.17, 15) is 30.6 Å². The molecule has 1 aliphatic carbocycles. The minimum absolute atomic E-state index is 0. The molecule has 15 heteroatoms. The number of rotatable bonds is 29. The molecule has 11 rings (SSSR count). The average Bonchev–Trinajstić information content (AvgIpc) is 1.58. The van der Waals surface area contributed by atoms with E-state index in [-0.39, 0.29) is 114 Å². The van der Waals surface area contributed by atoms with Crippen LogP contribution in [0.2, 0.25) is 0 Å². The van der Waals surface area contributed by atoms with Crippen molar-refractivity contribution in [2.75, 3.05) is 0 Å². The fourth-order valence-corrected chi connectivity index (χ4v) is 14.7. The molecule has 0 bridgehead atoms. The Morgan fingerprint density at radius 1 is 0.339 bits per heavy atom. The Balaban J connectivity index is 0.000000375. The molecular weight excluding hydrogens is 1990 g/mol. The fraction of sp³-hybridized carbons (Fsp3) is 0.476. The summed E-state index contributed by atoms with van der Waals surface area (Å²) in [5, 5.41) is 57.4. The summed E-state index contributed by atoms with van der Waals surface area (Å²) in [7, 11) is 0. The van der Waals surface area contributed by atoms with Gasteiger partial charge >= 0.3 is 0 Å². The van der Waals surface area contributed by atoms with Crippen molar-refractivity contribution in [2.24, 2.45) is 41.4 Å². The Hall–Kier alpha value is -6.51. The second kappa shape index (κ2) is 53.4. The third kappa shape index (κ3) is 34.4. The molecule has 0 saturated carbocycles. The van der Waals surface area contributed by atoms with Crippen LogP contribution in [0.15, 0.2) is 177 Å². The molecular formula is C103H139Ir3N6O6-3. The number of aliphatic hydroxyl groups excluding tert-OH is 6. The van der Waals surface area contributed by atoms with E-state index < -0.39 is 0 Å². The molecule has 1 aliphatic rings. The Labute approximate surface area is 751 Å². The SMILES string of the molecule is CC(C)C(O)CC(O)C(C)C.CC(C)CC(O)CC(O)CC(C)C.CC(C)CCCC(O)CC(O)CCCC(C)C.Cc1cccc(C(C)C)c1-c1cc(-c2[c-]cccc2)ncn1.Cc1cccc(C)c1-c1cc(-c2[c-]cc3c(c2)C(C)(C)c2ccccc2-3)ncn1.Cc1cccc(CC(C)C)c1-c1cc(-c2[c-]cccc2)ncn1.[Ir].[Ir].[Ir]. The fourth-order valence-electron chi connectivity index (χ4n) is 14.7. The van der Waals surface area contributed by atoms with Crippen molar-refractivity contribution in [3.8, 4) is 78.7 Å². The smallest absolute Gasteiger partial charge is 0.106 e. The number of nitrogens with zero attached hydrogens (tertiary/aromatic N) is 6. The second-order valence-corrected chi connectivity index (χ2v) is 35.3. The van der Waals surface area contributed by atoms with E-state index in [4.69, 9.17) is 0 Å². The van der Waals surface area contributed by atoms with E-state index >= 15 is 0 Å². The number of benzene rings is 7. The van der Waals surface area contributed by atoms with Gasteiger partial charge in [0.25, 0.3) is 0 Å². The number of aliphatic hydroxyl groups is 6. The van der Waals surface area contributed by atoms with Gasteiger partial charge in [0.15, 0.2) is 0 Å². The van der Waals surface area contributed by atoms with Gasteiger partial charge in [-0.05, 0) is 188 Å². The van der Waals surface area contributed by atoms with Crippen LogP contribution in [0.25, 0.3) is 78.7 Å². The molecule has 0 amide bonds. The van der Waals surface area contributed by atoms with Gasteiger partial charge in [-0.1, -0.05) is 258 Å². The summed E-state index contributed by atoms with van der Waals surface area (Å²) in [5.74, 6) is 3.96. The first-order chi connectivity index (χ1) is 54.6. The second-order valence-electron chi connectivity index (χ2n) is 35.3. The Morgan fingerprint density at radius 3 is 1.17 bits per heavy atom. The Bertz CT molecular complexity index is 4430. The predicted molar refractivity (Wildman–Crippen MR) is 480 cm³/mol. The maximum absolute atomic E-state index is 9.78. The van der Waals surface area contributed by atoms with Gasteiger partial charge < -0.3 is 30.6 Å². The summed E-state index contributed by atoms with van der Waals surface area (Å²) in [5.41, 5.74) is 25.2. The third-order valence-electron chi connectivity index (χ3n) is 21.2. The molecule has 12 nitrogen and oxygen atoms in total. The number of fused-ring (bicyclic) bond motifs is 3. The van der Waals surface area contributed by atoms with Crippen LogP contribution in [0.5, 0.6) is 0 Å². The molecule has 0 aliphatic heterocycles. The molecule has 0 spiro atoms. The molecule has 0 saturated heterocycles. The van der Waals surface area contributed by atoms with E-state index in [0.717, 1.165) is 95.8 Å². The molecule has 6 N–H and O–H groups in total. The van der Waals surface area contributed by atoms with E-state index in [0.29, 0.717) is 54.8 Å². The van der Waals surface area contributed by atoms with Gasteiger partial charge in [0.1, 0.15) is 19.0 Å². The zero-order valence-electron chi connectivity index (χ0n) is 74.7. The van der Waals surface area contributed by atoms with Crippen LogP contribution < -0.4 is 0 Å². The van der Waals surface area contributed by atoms with Gasteiger partial charge in [0.2, 0.25) is 0 Å². The van der Waals surface area contributed by atoms with Gasteiger partial charge in [0, 0.05) is 77.0 Å². The average molecular weight is 2130 g/mol. The van der Waals surface area contributed by atoms with Crippen molar-refractivity contribution in [3.63, 3.8) is 0 Å². The summed E-state index contributed by atoms with van der Waals surface area (Å²) in [6.45, 7) is 47.0. The van der Waals surface area contributed by atoms with E-state index in [1.54, 1.807) is 19.0 Å². The standard InChI is InChI=1S/C27H23N2.C21H21N2.C20H19N2.C15H32O2.C11H24O2.C9H20O2.3Ir/c1-17-8-7-9-18(2)26(17)25-15-24(28-16-29-25)19-12-13-21-20-10-5-6-11-22(20)27(3,4)23(21)14-19;1-15(2)12-18-11-7-8-16(3)21(18)20-13-19(22-14-23-20)17-9-5-4-6-10-17;1-14(2)17-11-7-8-15(3)20(17)19-12-18(21-13-22-19)16-9-5-4-6-10-16;1-12(2)7-5-9-14(16)11-15(17)10-6-8-13(3)4;1-8(2)5-10(12)7-11(13)6-9(3)4;1-6(2)8(10)5-9(11)7(3)4;;;/h5-11,13-16H,1-4H3;4-9,11,13-15H,12H2,1-3H3;4-9,11-14H,1-3H3;12-17H,5-11H2,1-4H3;8-13H,5-7H2,1-4H3;6-11H,5H2,1-4H3;;;/q3*-1;;;;;;. The Kier molecular flexibility index (Phi) is 47.8. The van der Waals surface area contributed by atoms with Crippen LogP contribution in [-0.4, -0.2) is 97.2 Å². The Morgan fingerprint density at radius 2 is 0.737 bits per heavy atom. The van der Waals surface area contributed by atoms with Crippen LogP contribution in [0.4, 0.5) is 0 Å². The zero-order valence-corrected chi connectivity index (χ0v) is 81.9. The molecule has 3 heterocycles. The number of hydrogen-bond donors (Lipinski definition) is 6. The molecule has 7 aromatic carbocycles. The van der Waals surface area contributed by atoms with E-state index in [2.05, 4.69) is 282 Å². The molecule has 6 unspecified atom stereocenters. The molecule has 6 atom stereocenters. The van der Waals surface area contributed by atoms with Crippen molar-refractivity contribution in [2.45, 2.75) is 277 Å². The first-order valence-corrected chi connectivity index (χ1v) is 42.5. The maximum atomic E-state index is 9.78. The van der Waals surface area contributed by atoms with E-state index in [1.807, 2.05) is 76.2 Å². The zero-order chi connectivity index (χ0) is 84.6. The molecule has 647 valence electrons. The topological polar surface area (TPSA) is 199 Å². The van der Waals surface area contributed by atoms with Crippen molar-refractivity contribution < 1.29 is 91.0 Å². The van der Waals surface area contributed by atoms with Gasteiger partial charge in [0.05, 0.1) is 53.7 Å². The summed E-state index contributed by atoms with van der Waals surface area (Å²) < 4.78 is 0. The molecule has 3 radical (unpaired) electrons. The van der Waals surface area contributed by atoms with Crippen molar-refractivity contribution in [1.29, 1.82) is 0 Å². The van der Waals surface area contributed by atoms with Gasteiger partial charge in [-0.25, -0.2) is 15.0 Å². The summed E-state index contributed by atoms with van der Waals surface area (Å²) in [4.78, 5) is 27.0.